The van der Waals surface area contributed by atoms with Crippen LogP contribution in [-0.4, -0.2) is 29.7 Å². The molecule has 26 heavy (non-hydrogen) atoms. The molecule has 1 aliphatic carbocycles. The van der Waals surface area contributed by atoms with Crippen LogP contribution in [0.2, 0.25) is 0 Å². The van der Waals surface area contributed by atoms with E-state index in [0.717, 1.165) is 19.5 Å². The van der Waals surface area contributed by atoms with Crippen molar-refractivity contribution in [1.29, 1.82) is 0 Å². The fraction of sp³-hybridized carbons (Fsp3) is 0.474. The molecule has 0 aromatic carbocycles. The van der Waals surface area contributed by atoms with Crippen LogP contribution in [0.4, 0.5) is 21.8 Å². The van der Waals surface area contributed by atoms with Crippen LogP contribution in [0.25, 0.3) is 0 Å². The second-order valence-corrected chi connectivity index (χ2v) is 6.67. The van der Waals surface area contributed by atoms with E-state index in [-0.39, 0.29) is 5.83 Å². The van der Waals surface area contributed by atoms with Gasteiger partial charge in [0.25, 0.3) is 0 Å². The molecular formula is C19H29FN6. The molecule has 0 atom stereocenters. The van der Waals surface area contributed by atoms with Gasteiger partial charge in [0.05, 0.1) is 24.2 Å². The first-order valence-electron chi connectivity index (χ1n) is 9.08. The second-order valence-electron chi connectivity index (χ2n) is 6.67. The van der Waals surface area contributed by atoms with E-state index >= 15 is 0 Å². The Morgan fingerprint density at radius 3 is 2.85 bits per heavy atom. The van der Waals surface area contributed by atoms with Crippen molar-refractivity contribution in [2.75, 3.05) is 35.7 Å². The number of allylic oxidation sites excluding steroid dienone is 5. The second kappa shape index (κ2) is 9.79. The summed E-state index contributed by atoms with van der Waals surface area (Å²) < 4.78 is 14.1. The quantitative estimate of drug-likeness (QED) is 0.584. The number of nitrogens with one attached hydrogen (secondary N) is 2. The summed E-state index contributed by atoms with van der Waals surface area (Å²) in [6.45, 7) is 8.27. The molecule has 142 valence electrons. The normalized spacial score (nSPS) is 13.9. The van der Waals surface area contributed by atoms with Gasteiger partial charge in [-0.1, -0.05) is 39.0 Å². The Bertz CT molecular complexity index is 681. The Kier molecular flexibility index (Phi) is 7.44. The molecule has 1 aliphatic rings. The number of nitrogens with two attached hydrogens (primary N) is 1. The molecule has 0 aliphatic heterocycles. The number of rotatable bonds is 9. The smallest absolute Gasteiger partial charge is 0.224 e. The van der Waals surface area contributed by atoms with Crippen molar-refractivity contribution in [1.82, 2.24) is 15.3 Å². The van der Waals surface area contributed by atoms with Crippen molar-refractivity contribution in [2.24, 2.45) is 5.92 Å². The van der Waals surface area contributed by atoms with Crippen LogP contribution in [0.3, 0.4) is 0 Å². The zero-order valence-corrected chi connectivity index (χ0v) is 15.8. The fourth-order valence-electron chi connectivity index (χ4n) is 2.57. The Balaban J connectivity index is 2.19. The van der Waals surface area contributed by atoms with E-state index in [1.165, 1.54) is 6.08 Å². The summed E-state index contributed by atoms with van der Waals surface area (Å²) in [6.07, 6.45) is 10.0. The van der Waals surface area contributed by atoms with Crippen LogP contribution >= 0.6 is 0 Å². The third-order valence-electron chi connectivity index (χ3n) is 3.80. The zero-order chi connectivity index (χ0) is 18.9. The van der Waals surface area contributed by atoms with E-state index in [1.807, 2.05) is 17.1 Å². The summed E-state index contributed by atoms with van der Waals surface area (Å²) in [5, 5.41) is 6.38. The molecule has 0 saturated carbocycles. The average Bonchev–Trinajstić information content (AvgIpc) is 2.82. The number of nitrogens with zero attached hydrogens (tertiary/aromatic N) is 3. The number of anilines is 3. The SMILES string of the molecule is CCCNc1ncc(N)c(N(CNC2=C(F)C=CC=CC2)CC(C)C)n1. The molecule has 0 bridgehead atoms. The van der Waals surface area contributed by atoms with Crippen LogP contribution < -0.4 is 21.3 Å². The van der Waals surface area contributed by atoms with Gasteiger partial charge in [0, 0.05) is 19.5 Å². The van der Waals surface area contributed by atoms with Crippen LogP contribution in [0.5, 0.6) is 0 Å². The topological polar surface area (TPSA) is 79.1 Å². The lowest BCUT2D eigenvalue weighted by atomic mass is 10.2. The first-order valence-corrected chi connectivity index (χ1v) is 9.08. The van der Waals surface area contributed by atoms with Crippen molar-refractivity contribution in [3.63, 3.8) is 0 Å². The van der Waals surface area contributed by atoms with Gasteiger partial charge in [0.15, 0.2) is 5.82 Å². The Morgan fingerprint density at radius 2 is 2.12 bits per heavy atom. The Labute approximate surface area is 155 Å². The van der Waals surface area contributed by atoms with E-state index in [9.17, 15) is 4.39 Å². The summed E-state index contributed by atoms with van der Waals surface area (Å²) >= 11 is 0. The van der Waals surface area contributed by atoms with Gasteiger partial charge in [-0.15, -0.1) is 0 Å². The molecule has 0 unspecified atom stereocenters. The van der Waals surface area contributed by atoms with Crippen LogP contribution in [0.15, 0.2) is 42.0 Å². The van der Waals surface area contributed by atoms with Crippen LogP contribution in [0.1, 0.15) is 33.6 Å². The molecule has 0 spiro atoms. The highest BCUT2D eigenvalue weighted by Gasteiger charge is 2.16. The van der Waals surface area contributed by atoms with Crippen molar-refractivity contribution in [3.8, 4) is 0 Å². The van der Waals surface area contributed by atoms with E-state index < -0.39 is 0 Å². The number of halogens is 1. The predicted molar refractivity (Wildman–Crippen MR) is 106 cm³/mol. The van der Waals surface area contributed by atoms with Gasteiger partial charge in [-0.25, -0.2) is 9.37 Å². The monoisotopic (exact) mass is 360 g/mol. The lowest BCUT2D eigenvalue weighted by Crippen LogP contribution is -2.38. The van der Waals surface area contributed by atoms with Gasteiger partial charge in [0.1, 0.15) is 5.83 Å². The minimum absolute atomic E-state index is 0.250. The highest BCUT2D eigenvalue weighted by Crippen LogP contribution is 2.22. The van der Waals surface area contributed by atoms with Crippen LogP contribution in [-0.2, 0) is 0 Å². The molecule has 1 aromatic rings. The molecule has 6 nitrogen and oxygen atoms in total. The lowest BCUT2D eigenvalue weighted by molar-refractivity contribution is 0.572. The van der Waals surface area contributed by atoms with E-state index in [1.54, 1.807) is 12.3 Å². The zero-order valence-electron chi connectivity index (χ0n) is 15.8. The summed E-state index contributed by atoms with van der Waals surface area (Å²) in [6, 6.07) is 0. The standard InChI is InChI=1S/C19H29FN6/c1-4-10-22-19-23-11-16(21)18(25-19)26(12-14(2)3)13-24-17-9-7-5-6-8-15(17)20/h5-8,11,14,24H,4,9-10,12-13,21H2,1-3H3,(H,22,23,25). The summed E-state index contributed by atoms with van der Waals surface area (Å²) in [4.78, 5) is 10.8. The van der Waals surface area contributed by atoms with Crippen molar-refractivity contribution < 1.29 is 4.39 Å². The van der Waals surface area contributed by atoms with Gasteiger partial charge in [-0.3, -0.25) is 0 Å². The number of nitrogen functional groups attached to an aromatic ring is 1. The Hall–Kier alpha value is -2.57. The first-order chi connectivity index (χ1) is 12.5. The predicted octanol–water partition coefficient (Wildman–Crippen LogP) is 3.59. The molecule has 0 fully saturated rings. The summed E-state index contributed by atoms with van der Waals surface area (Å²) in [5.41, 5.74) is 7.19. The van der Waals surface area contributed by atoms with E-state index in [2.05, 4.69) is 41.4 Å². The highest BCUT2D eigenvalue weighted by atomic mass is 19.1. The maximum absolute atomic E-state index is 14.1. The Morgan fingerprint density at radius 1 is 1.31 bits per heavy atom. The summed E-state index contributed by atoms with van der Waals surface area (Å²) in [5.74, 6) is 1.35. The van der Waals surface area contributed by atoms with Crippen molar-refractivity contribution >= 4 is 17.5 Å². The van der Waals surface area contributed by atoms with Gasteiger partial charge >= 0.3 is 0 Å². The largest absolute Gasteiger partial charge is 0.394 e. The first kappa shape index (κ1) is 19.8. The molecule has 2 rings (SSSR count). The lowest BCUT2D eigenvalue weighted by Gasteiger charge is -2.28. The molecule has 0 amide bonds. The minimum atomic E-state index is -0.250. The number of hydrogen-bond acceptors (Lipinski definition) is 6. The van der Waals surface area contributed by atoms with Crippen molar-refractivity contribution in [2.45, 2.75) is 33.6 Å². The maximum Gasteiger partial charge on any atom is 0.224 e. The van der Waals surface area contributed by atoms with E-state index in [4.69, 9.17) is 5.73 Å². The van der Waals surface area contributed by atoms with Gasteiger partial charge in [-0.05, 0) is 18.4 Å². The third-order valence-corrected chi connectivity index (χ3v) is 3.80. The highest BCUT2D eigenvalue weighted by molar-refractivity contribution is 5.63. The third kappa shape index (κ3) is 5.75. The minimum Gasteiger partial charge on any atom is -0.394 e. The molecule has 1 aromatic heterocycles. The number of hydrogen-bond donors (Lipinski definition) is 3. The molecule has 1 heterocycles. The molecular weight excluding hydrogens is 331 g/mol. The fourth-order valence-corrected chi connectivity index (χ4v) is 2.57. The average molecular weight is 360 g/mol. The van der Waals surface area contributed by atoms with Crippen LogP contribution in [0, 0.1) is 5.92 Å². The molecule has 0 saturated heterocycles. The van der Waals surface area contributed by atoms with Gasteiger partial charge in [-0.2, -0.15) is 4.98 Å². The molecule has 4 N–H and O–H groups in total. The number of aromatic nitrogens is 2. The van der Waals surface area contributed by atoms with Crippen molar-refractivity contribution in [3.05, 3.63) is 42.0 Å². The maximum atomic E-state index is 14.1. The molecule has 7 heteroatoms. The summed E-state index contributed by atoms with van der Waals surface area (Å²) in [7, 11) is 0. The molecule has 0 radical (unpaired) electrons. The van der Waals surface area contributed by atoms with E-state index in [0.29, 0.717) is 42.2 Å². The van der Waals surface area contributed by atoms with Gasteiger partial charge in [0.2, 0.25) is 5.95 Å². The van der Waals surface area contributed by atoms with Gasteiger partial charge < -0.3 is 21.3 Å².